The van der Waals surface area contributed by atoms with Gasteiger partial charge in [0.2, 0.25) is 0 Å². The Labute approximate surface area is 197 Å². The highest BCUT2D eigenvalue weighted by molar-refractivity contribution is 7.16. The summed E-state index contributed by atoms with van der Waals surface area (Å²) in [6, 6.07) is 1.49. The Morgan fingerprint density at radius 3 is 2.71 bits per heavy atom. The van der Waals surface area contributed by atoms with Gasteiger partial charge in [0, 0.05) is 10.9 Å². The molecule has 168 valence electrons. The predicted molar refractivity (Wildman–Crippen MR) is 127 cm³/mol. The zero-order chi connectivity index (χ0) is 22.5. The van der Waals surface area contributed by atoms with Gasteiger partial charge in [-0.1, -0.05) is 50.4 Å². The van der Waals surface area contributed by atoms with Crippen molar-refractivity contribution in [3.8, 4) is 11.5 Å². The topological polar surface area (TPSA) is 70.6 Å². The van der Waals surface area contributed by atoms with Gasteiger partial charge >= 0.3 is 0 Å². The fourth-order valence-corrected chi connectivity index (χ4v) is 6.35. The van der Waals surface area contributed by atoms with Gasteiger partial charge in [-0.2, -0.15) is 0 Å². The normalized spacial score (nSPS) is 20.5. The van der Waals surface area contributed by atoms with E-state index < -0.39 is 6.17 Å². The minimum absolute atomic E-state index is 0.122. The maximum absolute atomic E-state index is 13.1. The fourth-order valence-electron chi connectivity index (χ4n) is 4.54. The number of ether oxygens (including phenoxy) is 1. The van der Waals surface area contributed by atoms with Crippen molar-refractivity contribution in [1.82, 2.24) is 5.32 Å². The summed E-state index contributed by atoms with van der Waals surface area (Å²) in [6.45, 7) is 9.09. The number of hydrogen-bond acceptors (Lipinski definition) is 5. The third kappa shape index (κ3) is 3.87. The molecule has 0 fully saturated rings. The monoisotopic (exact) mass is 482 g/mol. The molecule has 2 heterocycles. The molecule has 1 amide bonds. The van der Waals surface area contributed by atoms with Crippen molar-refractivity contribution in [2.24, 2.45) is 11.3 Å². The number of anilines is 1. The van der Waals surface area contributed by atoms with Crippen LogP contribution < -0.4 is 15.4 Å². The van der Waals surface area contributed by atoms with Gasteiger partial charge in [0.1, 0.15) is 11.2 Å². The standard InChI is InChI=1S/C23H28Cl2N2O3S/c1-5-23(3,4)11-7-8-12-15(9-11)31-22-16(12)21(29)26-20(27-22)17-18(25)13(24)10-14(19(17)28)30-6-2/h10-11,20,27-28H,5-9H2,1-4H3,(H,26,29)/t11-,20+/m1/s1. The highest BCUT2D eigenvalue weighted by Gasteiger charge is 2.38. The first kappa shape index (κ1) is 22.6. The molecule has 0 radical (unpaired) electrons. The second kappa shape index (κ2) is 8.38. The number of fused-ring (bicyclic) bond motifs is 3. The maximum Gasteiger partial charge on any atom is 0.256 e. The third-order valence-corrected chi connectivity index (χ3v) is 8.83. The molecule has 0 bridgehead atoms. The number of carbonyl (C=O) groups excluding carboxylic acids is 1. The Balaban J connectivity index is 1.69. The van der Waals surface area contributed by atoms with E-state index in [1.807, 2.05) is 6.92 Å². The van der Waals surface area contributed by atoms with E-state index in [1.54, 1.807) is 11.3 Å². The summed E-state index contributed by atoms with van der Waals surface area (Å²) < 4.78 is 5.49. The summed E-state index contributed by atoms with van der Waals surface area (Å²) in [5.41, 5.74) is 2.47. The Bertz CT molecular complexity index is 1030. The number of carbonyl (C=O) groups is 1. The van der Waals surface area contributed by atoms with Crippen molar-refractivity contribution < 1.29 is 14.6 Å². The van der Waals surface area contributed by atoms with Crippen LogP contribution in [0.2, 0.25) is 10.0 Å². The summed E-state index contributed by atoms with van der Waals surface area (Å²) >= 11 is 14.3. The zero-order valence-electron chi connectivity index (χ0n) is 18.2. The van der Waals surface area contributed by atoms with E-state index in [0.29, 0.717) is 18.1 Å². The van der Waals surface area contributed by atoms with Gasteiger partial charge in [-0.25, -0.2) is 0 Å². The predicted octanol–water partition coefficient (Wildman–Crippen LogP) is 6.55. The molecule has 0 saturated heterocycles. The maximum atomic E-state index is 13.1. The van der Waals surface area contributed by atoms with Crippen LogP contribution in [0, 0.1) is 11.3 Å². The molecule has 4 rings (SSSR count). The van der Waals surface area contributed by atoms with Gasteiger partial charge in [-0.3, -0.25) is 4.79 Å². The molecule has 5 nitrogen and oxygen atoms in total. The Morgan fingerprint density at radius 1 is 1.29 bits per heavy atom. The summed E-state index contributed by atoms with van der Waals surface area (Å²) in [5, 5.41) is 18.4. The second-order valence-corrected chi connectivity index (χ2v) is 10.8. The fraction of sp³-hybridized carbons (Fsp3) is 0.522. The molecule has 0 saturated carbocycles. The van der Waals surface area contributed by atoms with E-state index in [4.69, 9.17) is 27.9 Å². The number of phenolic OH excluding ortho intramolecular Hbond substituents is 1. The van der Waals surface area contributed by atoms with Crippen molar-refractivity contribution in [1.29, 1.82) is 0 Å². The van der Waals surface area contributed by atoms with Crippen LogP contribution in [-0.4, -0.2) is 17.6 Å². The smallest absolute Gasteiger partial charge is 0.256 e. The van der Waals surface area contributed by atoms with E-state index in [-0.39, 0.29) is 32.9 Å². The molecular formula is C23H28Cl2N2O3S. The summed E-state index contributed by atoms with van der Waals surface area (Å²) in [7, 11) is 0. The number of halogens is 2. The lowest BCUT2D eigenvalue weighted by molar-refractivity contribution is 0.0934. The summed E-state index contributed by atoms with van der Waals surface area (Å²) in [4.78, 5) is 14.4. The molecule has 0 unspecified atom stereocenters. The summed E-state index contributed by atoms with van der Waals surface area (Å²) in [6.07, 6.45) is 3.42. The Morgan fingerprint density at radius 2 is 2.03 bits per heavy atom. The number of benzene rings is 1. The number of nitrogens with one attached hydrogen (secondary N) is 2. The number of aromatic hydroxyl groups is 1. The van der Waals surface area contributed by atoms with E-state index in [2.05, 4.69) is 31.4 Å². The van der Waals surface area contributed by atoms with Crippen LogP contribution in [0.15, 0.2) is 6.07 Å². The van der Waals surface area contributed by atoms with Gasteiger partial charge in [0.25, 0.3) is 5.91 Å². The first-order valence-electron chi connectivity index (χ1n) is 10.7. The Hall–Kier alpha value is -1.63. The van der Waals surface area contributed by atoms with Gasteiger partial charge in [0.05, 0.1) is 27.8 Å². The van der Waals surface area contributed by atoms with E-state index in [9.17, 15) is 9.90 Å². The first-order valence-corrected chi connectivity index (χ1v) is 12.3. The molecule has 1 aliphatic carbocycles. The highest BCUT2D eigenvalue weighted by atomic mass is 35.5. The lowest BCUT2D eigenvalue weighted by atomic mass is 9.69. The van der Waals surface area contributed by atoms with Gasteiger partial charge in [-0.15, -0.1) is 11.3 Å². The molecule has 31 heavy (non-hydrogen) atoms. The minimum atomic E-state index is -0.701. The van der Waals surface area contributed by atoms with E-state index in [0.717, 1.165) is 41.8 Å². The molecule has 2 aliphatic rings. The van der Waals surface area contributed by atoms with Crippen molar-refractivity contribution in [2.75, 3.05) is 11.9 Å². The zero-order valence-corrected chi connectivity index (χ0v) is 20.5. The van der Waals surface area contributed by atoms with Crippen LogP contribution in [0.25, 0.3) is 0 Å². The number of phenols is 1. The highest BCUT2D eigenvalue weighted by Crippen LogP contribution is 2.49. The molecule has 1 aromatic carbocycles. The largest absolute Gasteiger partial charge is 0.504 e. The lowest BCUT2D eigenvalue weighted by Crippen LogP contribution is -2.38. The first-order chi connectivity index (χ1) is 14.7. The van der Waals surface area contributed by atoms with Gasteiger partial charge in [0.15, 0.2) is 11.5 Å². The van der Waals surface area contributed by atoms with Crippen molar-refractivity contribution >= 4 is 45.4 Å². The molecule has 2 atom stereocenters. The molecule has 3 N–H and O–H groups in total. The average molecular weight is 483 g/mol. The quantitative estimate of drug-likeness (QED) is 0.451. The molecule has 8 heteroatoms. The minimum Gasteiger partial charge on any atom is -0.504 e. The van der Waals surface area contributed by atoms with Crippen LogP contribution in [0.5, 0.6) is 11.5 Å². The van der Waals surface area contributed by atoms with Crippen molar-refractivity contribution in [2.45, 2.75) is 59.5 Å². The number of rotatable bonds is 5. The Kier molecular flexibility index (Phi) is 6.10. The molecular weight excluding hydrogens is 455 g/mol. The molecule has 0 spiro atoms. The van der Waals surface area contributed by atoms with E-state index in [1.165, 1.54) is 10.9 Å². The average Bonchev–Trinajstić information content (AvgIpc) is 3.10. The van der Waals surface area contributed by atoms with Crippen molar-refractivity contribution in [3.05, 3.63) is 37.7 Å². The van der Waals surface area contributed by atoms with Crippen LogP contribution in [0.4, 0.5) is 5.00 Å². The second-order valence-electron chi connectivity index (χ2n) is 8.91. The summed E-state index contributed by atoms with van der Waals surface area (Å²) in [5.74, 6) is 0.564. The van der Waals surface area contributed by atoms with E-state index >= 15 is 0 Å². The molecule has 2 aromatic rings. The van der Waals surface area contributed by atoms with Gasteiger partial charge in [-0.05, 0) is 43.1 Å². The molecule has 1 aromatic heterocycles. The van der Waals surface area contributed by atoms with Crippen LogP contribution in [0.3, 0.4) is 0 Å². The number of amides is 1. The number of thiophene rings is 1. The number of hydrogen-bond donors (Lipinski definition) is 3. The van der Waals surface area contributed by atoms with Gasteiger partial charge < -0.3 is 20.5 Å². The van der Waals surface area contributed by atoms with Crippen molar-refractivity contribution in [3.63, 3.8) is 0 Å². The van der Waals surface area contributed by atoms with Crippen LogP contribution >= 0.6 is 34.5 Å². The van der Waals surface area contributed by atoms with Crippen LogP contribution in [-0.2, 0) is 12.8 Å². The lowest BCUT2D eigenvalue weighted by Gasteiger charge is -2.36. The molecule has 1 aliphatic heterocycles. The van der Waals surface area contributed by atoms with Crippen LogP contribution in [0.1, 0.15) is 73.1 Å². The third-order valence-electron chi connectivity index (χ3n) is 6.84. The SMILES string of the molecule is CCOc1cc(Cl)c(Cl)c([C@H]2NC(=O)c3c(sc4c3CC[C@@H](C(C)(C)CC)C4)N2)c1O.